The Morgan fingerprint density at radius 1 is 1.23 bits per heavy atom. The third-order valence-corrected chi connectivity index (χ3v) is 5.41. The SMILES string of the molecule is COc1cccc(C(=O)Nc2c3c(nn2-c2ccc(Cl)cc2)CSC3)c1. The molecule has 7 heteroatoms. The van der Waals surface area contributed by atoms with E-state index in [4.69, 9.17) is 16.3 Å². The summed E-state index contributed by atoms with van der Waals surface area (Å²) in [5, 5.41) is 8.37. The van der Waals surface area contributed by atoms with Gasteiger partial charge in [-0.25, -0.2) is 4.68 Å². The number of ether oxygens (including phenoxy) is 1. The van der Waals surface area contributed by atoms with Crippen LogP contribution in [0.2, 0.25) is 5.02 Å². The normalized spacial score (nSPS) is 12.7. The van der Waals surface area contributed by atoms with Crippen molar-refractivity contribution < 1.29 is 9.53 Å². The van der Waals surface area contributed by atoms with Gasteiger partial charge in [0.1, 0.15) is 11.6 Å². The van der Waals surface area contributed by atoms with Crippen molar-refractivity contribution in [2.24, 2.45) is 0 Å². The molecule has 0 fully saturated rings. The maximum atomic E-state index is 12.8. The number of amides is 1. The number of halogens is 1. The van der Waals surface area contributed by atoms with Gasteiger partial charge in [0.05, 0.1) is 18.5 Å². The number of hydrogen-bond acceptors (Lipinski definition) is 4. The average molecular weight is 386 g/mol. The minimum atomic E-state index is -0.196. The Bertz CT molecular complexity index is 969. The molecule has 2 heterocycles. The highest BCUT2D eigenvalue weighted by Gasteiger charge is 2.25. The largest absolute Gasteiger partial charge is 0.497 e. The van der Waals surface area contributed by atoms with E-state index in [-0.39, 0.29) is 5.91 Å². The van der Waals surface area contributed by atoms with Crippen LogP contribution >= 0.6 is 23.4 Å². The number of nitrogens with one attached hydrogen (secondary N) is 1. The lowest BCUT2D eigenvalue weighted by molar-refractivity contribution is 0.102. The van der Waals surface area contributed by atoms with E-state index >= 15 is 0 Å². The lowest BCUT2D eigenvalue weighted by Crippen LogP contribution is -2.16. The van der Waals surface area contributed by atoms with E-state index in [2.05, 4.69) is 10.4 Å². The lowest BCUT2D eigenvalue weighted by atomic mass is 10.2. The quantitative estimate of drug-likeness (QED) is 0.716. The molecule has 2 aromatic carbocycles. The van der Waals surface area contributed by atoms with Gasteiger partial charge in [-0.05, 0) is 42.5 Å². The smallest absolute Gasteiger partial charge is 0.256 e. The Labute approximate surface area is 160 Å². The van der Waals surface area contributed by atoms with Crippen LogP contribution in [0.25, 0.3) is 5.69 Å². The molecule has 1 aliphatic rings. The summed E-state index contributed by atoms with van der Waals surface area (Å²) in [6.07, 6.45) is 0. The van der Waals surface area contributed by atoms with E-state index in [9.17, 15) is 4.79 Å². The number of hydrogen-bond donors (Lipinski definition) is 1. The number of methoxy groups -OCH3 is 1. The molecule has 0 spiro atoms. The number of anilines is 1. The summed E-state index contributed by atoms with van der Waals surface area (Å²) < 4.78 is 6.98. The monoisotopic (exact) mass is 385 g/mol. The van der Waals surface area contributed by atoms with Gasteiger partial charge in [0.15, 0.2) is 0 Å². The summed E-state index contributed by atoms with van der Waals surface area (Å²) in [5.74, 6) is 2.83. The van der Waals surface area contributed by atoms with E-state index in [0.717, 1.165) is 28.5 Å². The van der Waals surface area contributed by atoms with Gasteiger partial charge in [0, 0.05) is 27.7 Å². The van der Waals surface area contributed by atoms with Crippen LogP contribution in [0, 0.1) is 0 Å². The van der Waals surface area contributed by atoms with Crippen LogP contribution in [-0.2, 0) is 11.5 Å². The Morgan fingerprint density at radius 2 is 2.04 bits per heavy atom. The molecule has 0 atom stereocenters. The number of carbonyl (C=O) groups is 1. The molecule has 26 heavy (non-hydrogen) atoms. The number of benzene rings is 2. The molecule has 4 rings (SSSR count). The number of rotatable bonds is 4. The highest BCUT2D eigenvalue weighted by molar-refractivity contribution is 7.98. The molecule has 1 aliphatic heterocycles. The van der Waals surface area contributed by atoms with E-state index in [1.54, 1.807) is 41.8 Å². The molecule has 132 valence electrons. The molecule has 3 aromatic rings. The second-order valence-corrected chi connectivity index (χ2v) is 7.26. The molecule has 0 saturated carbocycles. The van der Waals surface area contributed by atoms with Gasteiger partial charge in [0.2, 0.25) is 0 Å². The highest BCUT2D eigenvalue weighted by atomic mass is 35.5. The molecule has 0 bridgehead atoms. The second kappa shape index (κ2) is 7.05. The summed E-state index contributed by atoms with van der Waals surface area (Å²) in [6, 6.07) is 14.5. The van der Waals surface area contributed by atoms with Crippen LogP contribution in [0.3, 0.4) is 0 Å². The van der Waals surface area contributed by atoms with Crippen molar-refractivity contribution in [3.63, 3.8) is 0 Å². The van der Waals surface area contributed by atoms with Crippen LogP contribution in [0.1, 0.15) is 21.6 Å². The predicted octanol–water partition coefficient (Wildman–Crippen LogP) is 4.53. The van der Waals surface area contributed by atoms with Gasteiger partial charge >= 0.3 is 0 Å². The average Bonchev–Trinajstić information content (AvgIpc) is 3.25. The van der Waals surface area contributed by atoms with Gasteiger partial charge in [0.25, 0.3) is 5.91 Å². The maximum Gasteiger partial charge on any atom is 0.256 e. The van der Waals surface area contributed by atoms with Gasteiger partial charge < -0.3 is 10.1 Å². The van der Waals surface area contributed by atoms with Gasteiger partial charge in [-0.1, -0.05) is 17.7 Å². The summed E-state index contributed by atoms with van der Waals surface area (Å²) in [5.41, 5.74) is 3.47. The van der Waals surface area contributed by atoms with Crippen molar-refractivity contribution in [1.29, 1.82) is 0 Å². The first-order valence-corrected chi connectivity index (χ1v) is 9.59. The maximum absolute atomic E-state index is 12.8. The second-order valence-electron chi connectivity index (χ2n) is 5.84. The summed E-state index contributed by atoms with van der Waals surface area (Å²) in [6.45, 7) is 0. The van der Waals surface area contributed by atoms with Crippen molar-refractivity contribution in [3.05, 3.63) is 70.4 Å². The van der Waals surface area contributed by atoms with Crippen LogP contribution in [-0.4, -0.2) is 22.8 Å². The number of fused-ring (bicyclic) bond motifs is 1. The fourth-order valence-corrected chi connectivity index (χ4v) is 4.02. The van der Waals surface area contributed by atoms with Crippen molar-refractivity contribution in [3.8, 4) is 11.4 Å². The van der Waals surface area contributed by atoms with E-state index < -0.39 is 0 Å². The van der Waals surface area contributed by atoms with Crippen LogP contribution in [0.5, 0.6) is 5.75 Å². The number of carbonyl (C=O) groups excluding carboxylic acids is 1. The van der Waals surface area contributed by atoms with E-state index in [1.807, 2.05) is 30.3 Å². The molecule has 5 nitrogen and oxygen atoms in total. The number of nitrogens with zero attached hydrogens (tertiary/aromatic N) is 2. The standard InChI is InChI=1S/C19H16ClN3O2S/c1-25-15-4-2-3-12(9-15)19(24)21-18-16-10-26-11-17(16)22-23(18)14-7-5-13(20)6-8-14/h2-9H,10-11H2,1H3,(H,21,24). The first-order valence-electron chi connectivity index (χ1n) is 8.05. The molecular weight excluding hydrogens is 370 g/mol. The van der Waals surface area contributed by atoms with Crippen LogP contribution < -0.4 is 10.1 Å². The van der Waals surface area contributed by atoms with Gasteiger partial charge in [-0.2, -0.15) is 16.9 Å². The zero-order valence-electron chi connectivity index (χ0n) is 14.0. The minimum Gasteiger partial charge on any atom is -0.497 e. The molecule has 1 N–H and O–H groups in total. The van der Waals surface area contributed by atoms with Crippen LogP contribution in [0.4, 0.5) is 5.82 Å². The fourth-order valence-electron chi connectivity index (χ4n) is 2.85. The summed E-state index contributed by atoms with van der Waals surface area (Å²) >= 11 is 7.78. The van der Waals surface area contributed by atoms with E-state index in [1.165, 1.54) is 0 Å². The Hall–Kier alpha value is -2.44. The minimum absolute atomic E-state index is 0.196. The number of thioether (sulfide) groups is 1. The highest BCUT2D eigenvalue weighted by Crippen LogP contribution is 2.36. The van der Waals surface area contributed by atoms with Crippen molar-refractivity contribution >= 4 is 35.1 Å². The Morgan fingerprint density at radius 3 is 2.81 bits per heavy atom. The predicted molar refractivity (Wildman–Crippen MR) is 105 cm³/mol. The molecule has 0 aliphatic carbocycles. The molecular formula is C19H16ClN3O2S. The first kappa shape index (κ1) is 17.0. The third kappa shape index (κ3) is 3.18. The molecule has 0 unspecified atom stereocenters. The summed E-state index contributed by atoms with van der Waals surface area (Å²) in [4.78, 5) is 12.8. The van der Waals surface area contributed by atoms with E-state index in [0.29, 0.717) is 22.2 Å². The topological polar surface area (TPSA) is 56.1 Å². The Kier molecular flexibility index (Phi) is 4.61. The molecule has 1 amide bonds. The van der Waals surface area contributed by atoms with Crippen molar-refractivity contribution in [2.75, 3.05) is 12.4 Å². The lowest BCUT2D eigenvalue weighted by Gasteiger charge is -2.11. The fraction of sp³-hybridized carbons (Fsp3) is 0.158. The first-order chi connectivity index (χ1) is 12.7. The Balaban J connectivity index is 1.71. The van der Waals surface area contributed by atoms with Crippen molar-refractivity contribution in [1.82, 2.24) is 9.78 Å². The van der Waals surface area contributed by atoms with Crippen LogP contribution in [0.15, 0.2) is 48.5 Å². The zero-order chi connectivity index (χ0) is 18.1. The van der Waals surface area contributed by atoms with Gasteiger partial charge in [-0.3, -0.25) is 4.79 Å². The number of aromatic nitrogens is 2. The van der Waals surface area contributed by atoms with Crippen molar-refractivity contribution in [2.45, 2.75) is 11.5 Å². The molecule has 0 saturated heterocycles. The molecule has 1 aromatic heterocycles. The summed E-state index contributed by atoms with van der Waals surface area (Å²) in [7, 11) is 1.58. The zero-order valence-corrected chi connectivity index (χ0v) is 15.6. The molecule has 0 radical (unpaired) electrons. The third-order valence-electron chi connectivity index (χ3n) is 4.19. The van der Waals surface area contributed by atoms with Gasteiger partial charge in [-0.15, -0.1) is 0 Å².